The molecule has 0 radical (unpaired) electrons. The largest absolute Gasteiger partial charge is 0.474 e. The van der Waals surface area contributed by atoms with Gasteiger partial charge in [0.2, 0.25) is 0 Å². The molecule has 0 atom stereocenters. The van der Waals surface area contributed by atoms with Crippen molar-refractivity contribution in [1.29, 1.82) is 0 Å². The van der Waals surface area contributed by atoms with Gasteiger partial charge in [-0.3, -0.25) is 4.79 Å². The first kappa shape index (κ1) is 7.05. The van der Waals surface area contributed by atoms with Crippen LogP contribution < -0.4 is 5.32 Å². The van der Waals surface area contributed by atoms with Gasteiger partial charge in [0.1, 0.15) is 0 Å². The van der Waals surface area contributed by atoms with E-state index in [1.165, 1.54) is 0 Å². The second-order valence-electron chi connectivity index (χ2n) is 2.41. The van der Waals surface area contributed by atoms with E-state index in [4.69, 9.17) is 5.11 Å². The first-order chi connectivity index (χ1) is 4.70. The van der Waals surface area contributed by atoms with Crippen LogP contribution in [-0.2, 0) is 9.59 Å². The molecular formula is C6H9NO3. The van der Waals surface area contributed by atoms with Gasteiger partial charge in [-0.25, -0.2) is 4.79 Å². The van der Waals surface area contributed by atoms with Gasteiger partial charge in [0.15, 0.2) is 0 Å². The molecule has 56 valence electrons. The summed E-state index contributed by atoms with van der Waals surface area (Å²) in [5, 5.41) is 10.5. The van der Waals surface area contributed by atoms with E-state index in [9.17, 15) is 9.59 Å². The van der Waals surface area contributed by atoms with E-state index in [1.807, 2.05) is 0 Å². The predicted octanol–water partition coefficient (Wildman–Crippen LogP) is -0.260. The predicted molar refractivity (Wildman–Crippen MR) is 33.4 cm³/mol. The molecule has 4 heteroatoms. The van der Waals surface area contributed by atoms with E-state index in [1.54, 1.807) is 0 Å². The number of amides is 1. The Bertz CT molecular complexity index is 162. The lowest BCUT2D eigenvalue weighted by Crippen LogP contribution is -2.42. The lowest BCUT2D eigenvalue weighted by Gasteiger charge is -2.25. The third-order valence-corrected chi connectivity index (χ3v) is 1.63. The molecule has 0 bridgehead atoms. The van der Waals surface area contributed by atoms with Crippen LogP contribution in [0.15, 0.2) is 0 Å². The van der Waals surface area contributed by atoms with E-state index < -0.39 is 11.9 Å². The third-order valence-electron chi connectivity index (χ3n) is 1.63. The molecule has 0 aliphatic heterocycles. The summed E-state index contributed by atoms with van der Waals surface area (Å²) in [5.41, 5.74) is 0. The Morgan fingerprint density at radius 3 is 2.30 bits per heavy atom. The highest BCUT2D eigenvalue weighted by atomic mass is 16.4. The summed E-state index contributed by atoms with van der Waals surface area (Å²) in [6, 6.07) is 0.114. The van der Waals surface area contributed by atoms with Crippen molar-refractivity contribution in [2.75, 3.05) is 0 Å². The maximum Gasteiger partial charge on any atom is 0.394 e. The van der Waals surface area contributed by atoms with Gasteiger partial charge < -0.3 is 10.4 Å². The number of carbonyl (C=O) groups excluding carboxylic acids is 1. The van der Waals surface area contributed by atoms with Gasteiger partial charge in [-0.15, -0.1) is 0 Å². The summed E-state index contributed by atoms with van der Waals surface area (Å²) in [7, 11) is 0. The summed E-state index contributed by atoms with van der Waals surface area (Å²) >= 11 is 0. The molecule has 0 heterocycles. The molecule has 1 fully saturated rings. The molecule has 1 aliphatic rings. The topological polar surface area (TPSA) is 66.4 Å². The van der Waals surface area contributed by atoms with Crippen LogP contribution in [0.3, 0.4) is 0 Å². The molecule has 2 N–H and O–H groups in total. The molecule has 0 aromatic carbocycles. The Kier molecular flexibility index (Phi) is 1.89. The van der Waals surface area contributed by atoms with Crippen LogP contribution in [0.4, 0.5) is 0 Å². The van der Waals surface area contributed by atoms with Crippen LogP contribution in [0.1, 0.15) is 19.3 Å². The number of hydrogen-bond acceptors (Lipinski definition) is 2. The number of hydrogen-bond donors (Lipinski definition) is 2. The maximum atomic E-state index is 10.4. The number of carbonyl (C=O) groups is 2. The van der Waals surface area contributed by atoms with E-state index in [0.29, 0.717) is 0 Å². The zero-order chi connectivity index (χ0) is 7.56. The average Bonchev–Trinajstić information content (AvgIpc) is 1.77. The second kappa shape index (κ2) is 2.68. The van der Waals surface area contributed by atoms with Crippen molar-refractivity contribution in [1.82, 2.24) is 5.32 Å². The van der Waals surface area contributed by atoms with E-state index in [-0.39, 0.29) is 6.04 Å². The first-order valence-electron chi connectivity index (χ1n) is 3.24. The van der Waals surface area contributed by atoms with Gasteiger partial charge in [-0.2, -0.15) is 0 Å². The summed E-state index contributed by atoms with van der Waals surface area (Å²) in [6.45, 7) is 0. The smallest absolute Gasteiger partial charge is 0.394 e. The van der Waals surface area contributed by atoms with Gasteiger partial charge in [0.25, 0.3) is 0 Å². The third kappa shape index (κ3) is 1.46. The summed E-state index contributed by atoms with van der Waals surface area (Å²) in [4.78, 5) is 20.4. The number of carboxylic acids is 1. The van der Waals surface area contributed by atoms with Crippen LogP contribution in [0.25, 0.3) is 0 Å². The lowest BCUT2D eigenvalue weighted by atomic mass is 9.93. The molecule has 1 amide bonds. The summed E-state index contributed by atoms with van der Waals surface area (Å²) in [6.07, 6.45) is 2.92. The van der Waals surface area contributed by atoms with Crippen molar-refractivity contribution in [2.24, 2.45) is 0 Å². The molecule has 10 heavy (non-hydrogen) atoms. The fraction of sp³-hybridized carbons (Fsp3) is 0.667. The fourth-order valence-electron chi connectivity index (χ4n) is 0.800. The van der Waals surface area contributed by atoms with Crippen molar-refractivity contribution in [3.63, 3.8) is 0 Å². The van der Waals surface area contributed by atoms with Crippen molar-refractivity contribution < 1.29 is 14.7 Å². The molecule has 1 rings (SSSR count). The van der Waals surface area contributed by atoms with Crippen molar-refractivity contribution >= 4 is 11.9 Å². The first-order valence-corrected chi connectivity index (χ1v) is 3.24. The molecule has 1 aliphatic carbocycles. The lowest BCUT2D eigenvalue weighted by molar-refractivity contribution is -0.150. The van der Waals surface area contributed by atoms with Gasteiger partial charge in [0, 0.05) is 6.04 Å². The Labute approximate surface area is 58.2 Å². The van der Waals surface area contributed by atoms with Gasteiger partial charge in [-0.1, -0.05) is 0 Å². The van der Waals surface area contributed by atoms with Crippen LogP contribution >= 0.6 is 0 Å². The van der Waals surface area contributed by atoms with Crippen LogP contribution in [0.2, 0.25) is 0 Å². The molecule has 0 unspecified atom stereocenters. The highest BCUT2D eigenvalue weighted by Gasteiger charge is 2.22. The highest BCUT2D eigenvalue weighted by Crippen LogP contribution is 2.17. The number of nitrogens with one attached hydrogen (secondary N) is 1. The maximum absolute atomic E-state index is 10.4. The van der Waals surface area contributed by atoms with Crippen LogP contribution in [0.5, 0.6) is 0 Å². The van der Waals surface area contributed by atoms with Crippen molar-refractivity contribution in [3.05, 3.63) is 0 Å². The Hall–Kier alpha value is -1.06. The van der Waals surface area contributed by atoms with E-state index in [0.717, 1.165) is 19.3 Å². The fourth-order valence-corrected chi connectivity index (χ4v) is 0.800. The van der Waals surface area contributed by atoms with E-state index in [2.05, 4.69) is 5.32 Å². The molecule has 0 aromatic heterocycles. The van der Waals surface area contributed by atoms with Gasteiger partial charge >= 0.3 is 11.9 Å². The van der Waals surface area contributed by atoms with Crippen LogP contribution in [0, 0.1) is 0 Å². The van der Waals surface area contributed by atoms with Crippen molar-refractivity contribution in [2.45, 2.75) is 25.3 Å². The number of rotatable bonds is 1. The minimum atomic E-state index is -1.40. The molecular weight excluding hydrogens is 134 g/mol. The van der Waals surface area contributed by atoms with Crippen LogP contribution in [-0.4, -0.2) is 23.0 Å². The minimum Gasteiger partial charge on any atom is -0.474 e. The summed E-state index contributed by atoms with van der Waals surface area (Å²) < 4.78 is 0. The molecule has 4 nitrogen and oxygen atoms in total. The monoisotopic (exact) mass is 143 g/mol. The Morgan fingerprint density at radius 2 is 2.00 bits per heavy atom. The minimum absolute atomic E-state index is 0.114. The number of aliphatic carboxylic acids is 1. The van der Waals surface area contributed by atoms with Crippen molar-refractivity contribution in [3.8, 4) is 0 Å². The molecule has 0 saturated heterocycles. The Balaban J connectivity index is 2.23. The normalized spacial score (nSPS) is 17.6. The molecule has 0 spiro atoms. The standard InChI is InChI=1S/C6H9NO3/c8-5(6(9)10)7-4-2-1-3-4/h4H,1-3H2,(H,7,8)(H,9,10). The zero-order valence-corrected chi connectivity index (χ0v) is 5.46. The van der Waals surface area contributed by atoms with E-state index >= 15 is 0 Å². The average molecular weight is 143 g/mol. The SMILES string of the molecule is O=C(O)C(=O)NC1CCC1. The number of carboxylic acid groups (broad SMARTS) is 1. The Morgan fingerprint density at radius 1 is 1.40 bits per heavy atom. The van der Waals surface area contributed by atoms with Gasteiger partial charge in [-0.05, 0) is 19.3 Å². The molecule has 0 aromatic rings. The zero-order valence-electron chi connectivity index (χ0n) is 5.46. The summed E-state index contributed by atoms with van der Waals surface area (Å²) in [5.74, 6) is -2.28. The quantitative estimate of drug-likeness (QED) is 0.497. The molecule has 1 saturated carbocycles. The second-order valence-corrected chi connectivity index (χ2v) is 2.41. The van der Waals surface area contributed by atoms with Gasteiger partial charge in [0.05, 0.1) is 0 Å². The highest BCUT2D eigenvalue weighted by molar-refractivity contribution is 6.31.